The second-order valence-electron chi connectivity index (χ2n) is 6.19. The van der Waals surface area contributed by atoms with Crippen LogP contribution in [0.2, 0.25) is 0 Å². The van der Waals surface area contributed by atoms with Crippen LogP contribution in [0.3, 0.4) is 0 Å². The fraction of sp³-hybridized carbons (Fsp3) is 0.588. The van der Waals surface area contributed by atoms with Gasteiger partial charge in [-0.3, -0.25) is 4.79 Å². The number of fused-ring (bicyclic) bond motifs is 1. The number of benzene rings is 1. The molecule has 116 valence electrons. The largest absolute Gasteiger partial charge is 0.330 e. The second-order valence-corrected chi connectivity index (χ2v) is 6.19. The first-order valence-electron chi connectivity index (χ1n) is 7.81. The number of rotatable bonds is 6. The first-order chi connectivity index (χ1) is 10.0. The number of halogens is 1. The van der Waals surface area contributed by atoms with E-state index in [2.05, 4.69) is 13.8 Å². The van der Waals surface area contributed by atoms with Gasteiger partial charge in [-0.1, -0.05) is 19.9 Å². The number of carbonyl (C=O) groups is 1. The molecule has 2 N–H and O–H groups in total. The fourth-order valence-electron chi connectivity index (χ4n) is 3.08. The first-order valence-corrected chi connectivity index (χ1v) is 7.81. The van der Waals surface area contributed by atoms with Crippen molar-refractivity contribution in [3.05, 3.63) is 29.6 Å². The SMILES string of the molecule is CC(C)C(CCN)CCC(=O)N1CCc2ccc(F)cc21. The zero-order chi connectivity index (χ0) is 15.4. The topological polar surface area (TPSA) is 46.3 Å². The van der Waals surface area contributed by atoms with Crippen LogP contribution in [0.5, 0.6) is 0 Å². The van der Waals surface area contributed by atoms with Crippen molar-refractivity contribution < 1.29 is 9.18 Å². The standard InChI is InChI=1S/C17H25FN2O/c1-12(2)13(7-9-19)4-6-17(21)20-10-8-14-3-5-15(18)11-16(14)20/h3,5,11-13H,4,6-10,19H2,1-2H3. The molecule has 0 aliphatic carbocycles. The zero-order valence-corrected chi connectivity index (χ0v) is 12.9. The van der Waals surface area contributed by atoms with E-state index < -0.39 is 0 Å². The molecule has 0 spiro atoms. The van der Waals surface area contributed by atoms with E-state index >= 15 is 0 Å². The summed E-state index contributed by atoms with van der Waals surface area (Å²) in [5.41, 5.74) is 7.45. The number of carbonyl (C=O) groups excluding carboxylic acids is 1. The van der Waals surface area contributed by atoms with Crippen LogP contribution in [-0.4, -0.2) is 19.0 Å². The minimum absolute atomic E-state index is 0.0991. The van der Waals surface area contributed by atoms with E-state index in [1.807, 2.05) is 0 Å². The van der Waals surface area contributed by atoms with Crippen molar-refractivity contribution in [2.75, 3.05) is 18.0 Å². The zero-order valence-electron chi connectivity index (χ0n) is 12.9. The molecule has 2 rings (SSSR count). The van der Waals surface area contributed by atoms with Crippen LogP contribution >= 0.6 is 0 Å². The lowest BCUT2D eigenvalue weighted by molar-refractivity contribution is -0.118. The van der Waals surface area contributed by atoms with Gasteiger partial charge in [0.25, 0.3) is 0 Å². The predicted molar refractivity (Wildman–Crippen MR) is 83.7 cm³/mol. The number of amides is 1. The number of nitrogens with two attached hydrogens (primary N) is 1. The summed E-state index contributed by atoms with van der Waals surface area (Å²) in [7, 11) is 0. The van der Waals surface area contributed by atoms with E-state index in [0.717, 1.165) is 30.5 Å². The third-order valence-electron chi connectivity index (χ3n) is 4.45. The second kappa shape index (κ2) is 7.03. The van der Waals surface area contributed by atoms with Crippen LogP contribution in [-0.2, 0) is 11.2 Å². The molecule has 3 nitrogen and oxygen atoms in total. The smallest absolute Gasteiger partial charge is 0.227 e. The maximum Gasteiger partial charge on any atom is 0.227 e. The lowest BCUT2D eigenvalue weighted by atomic mass is 9.88. The van der Waals surface area contributed by atoms with Crippen LogP contribution in [0.4, 0.5) is 10.1 Å². The lowest BCUT2D eigenvalue weighted by Crippen LogP contribution is -2.29. The van der Waals surface area contributed by atoms with Crippen molar-refractivity contribution in [2.45, 2.75) is 39.5 Å². The van der Waals surface area contributed by atoms with Crippen LogP contribution in [0.25, 0.3) is 0 Å². The van der Waals surface area contributed by atoms with E-state index in [-0.39, 0.29) is 11.7 Å². The molecule has 0 fully saturated rings. The van der Waals surface area contributed by atoms with Crippen LogP contribution in [0.15, 0.2) is 18.2 Å². The van der Waals surface area contributed by atoms with Crippen molar-refractivity contribution in [1.82, 2.24) is 0 Å². The van der Waals surface area contributed by atoms with Gasteiger partial charge in [-0.05, 0) is 55.3 Å². The van der Waals surface area contributed by atoms with Gasteiger partial charge in [-0.15, -0.1) is 0 Å². The van der Waals surface area contributed by atoms with Crippen molar-refractivity contribution in [3.8, 4) is 0 Å². The summed E-state index contributed by atoms with van der Waals surface area (Å²) < 4.78 is 13.4. The molecule has 1 aromatic carbocycles. The van der Waals surface area contributed by atoms with Gasteiger partial charge < -0.3 is 10.6 Å². The molecule has 1 aromatic rings. The average Bonchev–Trinajstić information content (AvgIpc) is 2.85. The van der Waals surface area contributed by atoms with Crippen LogP contribution in [0, 0.1) is 17.7 Å². The molecule has 0 radical (unpaired) electrons. The monoisotopic (exact) mass is 292 g/mol. The summed E-state index contributed by atoms with van der Waals surface area (Å²) in [5, 5.41) is 0. The van der Waals surface area contributed by atoms with Gasteiger partial charge >= 0.3 is 0 Å². The summed E-state index contributed by atoms with van der Waals surface area (Å²) in [6.45, 7) is 5.67. The number of nitrogens with zero attached hydrogens (tertiary/aromatic N) is 1. The molecule has 1 unspecified atom stereocenters. The predicted octanol–water partition coefficient (Wildman–Crippen LogP) is 3.12. The highest BCUT2D eigenvalue weighted by molar-refractivity contribution is 5.95. The average molecular weight is 292 g/mol. The van der Waals surface area contributed by atoms with Gasteiger partial charge in [0.2, 0.25) is 5.91 Å². The maximum atomic E-state index is 13.4. The van der Waals surface area contributed by atoms with Crippen molar-refractivity contribution in [3.63, 3.8) is 0 Å². The molecule has 1 heterocycles. The van der Waals surface area contributed by atoms with E-state index in [1.54, 1.807) is 11.0 Å². The Bertz CT molecular complexity index is 502. The molecule has 0 bridgehead atoms. The minimum Gasteiger partial charge on any atom is -0.330 e. The molecule has 21 heavy (non-hydrogen) atoms. The molecular weight excluding hydrogens is 267 g/mol. The van der Waals surface area contributed by atoms with Crippen molar-refractivity contribution >= 4 is 11.6 Å². The quantitative estimate of drug-likeness (QED) is 0.875. The first kappa shape index (κ1) is 16.0. The molecule has 1 aliphatic heterocycles. The van der Waals surface area contributed by atoms with Crippen LogP contribution < -0.4 is 10.6 Å². The summed E-state index contributed by atoms with van der Waals surface area (Å²) in [4.78, 5) is 14.2. The van der Waals surface area contributed by atoms with Gasteiger partial charge in [-0.2, -0.15) is 0 Å². The van der Waals surface area contributed by atoms with Gasteiger partial charge in [0.15, 0.2) is 0 Å². The van der Waals surface area contributed by atoms with Crippen molar-refractivity contribution in [1.29, 1.82) is 0 Å². The van der Waals surface area contributed by atoms with E-state index in [4.69, 9.17) is 5.73 Å². The van der Waals surface area contributed by atoms with E-state index in [0.29, 0.717) is 31.3 Å². The Morgan fingerprint density at radius 2 is 2.14 bits per heavy atom. The van der Waals surface area contributed by atoms with Gasteiger partial charge in [0.1, 0.15) is 5.82 Å². The summed E-state index contributed by atoms with van der Waals surface area (Å²) >= 11 is 0. The Morgan fingerprint density at radius 1 is 1.38 bits per heavy atom. The Kier molecular flexibility index (Phi) is 5.34. The number of hydrogen-bond donors (Lipinski definition) is 1. The molecule has 1 amide bonds. The van der Waals surface area contributed by atoms with Gasteiger partial charge in [-0.25, -0.2) is 4.39 Å². The third kappa shape index (κ3) is 3.82. The van der Waals surface area contributed by atoms with Gasteiger partial charge in [0.05, 0.1) is 0 Å². The molecule has 0 saturated carbocycles. The molecule has 1 atom stereocenters. The molecule has 0 aromatic heterocycles. The Labute approximate surface area is 126 Å². The fourth-order valence-corrected chi connectivity index (χ4v) is 3.08. The molecular formula is C17H25FN2O. The maximum absolute atomic E-state index is 13.4. The van der Waals surface area contributed by atoms with Crippen LogP contribution in [0.1, 0.15) is 38.7 Å². The number of hydrogen-bond acceptors (Lipinski definition) is 2. The highest BCUT2D eigenvalue weighted by atomic mass is 19.1. The Morgan fingerprint density at radius 3 is 2.81 bits per heavy atom. The summed E-state index contributed by atoms with van der Waals surface area (Å²) in [6.07, 6.45) is 3.14. The number of anilines is 1. The van der Waals surface area contributed by atoms with Crippen molar-refractivity contribution in [2.24, 2.45) is 17.6 Å². The molecule has 4 heteroatoms. The lowest BCUT2D eigenvalue weighted by Gasteiger charge is -2.22. The highest BCUT2D eigenvalue weighted by Crippen LogP contribution is 2.30. The van der Waals surface area contributed by atoms with Gasteiger partial charge in [0, 0.05) is 18.7 Å². The summed E-state index contributed by atoms with van der Waals surface area (Å²) in [5.74, 6) is 0.830. The Balaban J connectivity index is 1.98. The third-order valence-corrected chi connectivity index (χ3v) is 4.45. The summed E-state index contributed by atoms with van der Waals surface area (Å²) in [6, 6.07) is 4.71. The Hall–Kier alpha value is -1.42. The van der Waals surface area contributed by atoms with E-state index in [1.165, 1.54) is 12.1 Å². The molecule has 0 saturated heterocycles. The normalized spacial score (nSPS) is 15.4. The molecule has 1 aliphatic rings. The highest BCUT2D eigenvalue weighted by Gasteiger charge is 2.25. The van der Waals surface area contributed by atoms with E-state index in [9.17, 15) is 9.18 Å². The minimum atomic E-state index is -0.281.